The second kappa shape index (κ2) is 8.77. The molecule has 2 amide bonds. The van der Waals surface area contributed by atoms with E-state index in [1.807, 2.05) is 31.2 Å². The monoisotopic (exact) mass is 404 g/mol. The van der Waals surface area contributed by atoms with Crippen LogP contribution in [0.4, 0.5) is 0 Å². The van der Waals surface area contributed by atoms with Crippen molar-refractivity contribution in [2.75, 3.05) is 13.1 Å². The first kappa shape index (κ1) is 19.7. The normalized spacial score (nSPS) is 18.0. The first-order valence-electron chi connectivity index (χ1n) is 9.05. The average molecular weight is 405 g/mol. The molecule has 0 aromatic heterocycles. The SMILES string of the molecule is CC(NC(=O)C1CCCN(C(=O)c2ccc(Cl)cc2)C1)c1ccccc1Cl. The van der Waals surface area contributed by atoms with E-state index in [2.05, 4.69) is 5.32 Å². The summed E-state index contributed by atoms with van der Waals surface area (Å²) in [6.45, 7) is 2.99. The van der Waals surface area contributed by atoms with Crippen LogP contribution in [0.15, 0.2) is 48.5 Å². The van der Waals surface area contributed by atoms with Crippen LogP contribution in [0, 0.1) is 5.92 Å². The van der Waals surface area contributed by atoms with E-state index in [0.717, 1.165) is 18.4 Å². The molecule has 2 aromatic rings. The molecule has 27 heavy (non-hydrogen) atoms. The van der Waals surface area contributed by atoms with Gasteiger partial charge in [0.15, 0.2) is 0 Å². The molecule has 142 valence electrons. The molecule has 0 aliphatic carbocycles. The lowest BCUT2D eigenvalue weighted by molar-refractivity contribution is -0.127. The first-order valence-corrected chi connectivity index (χ1v) is 9.81. The number of carbonyl (C=O) groups excluding carboxylic acids is 2. The molecule has 1 saturated heterocycles. The second-order valence-corrected chi connectivity index (χ2v) is 7.69. The Morgan fingerprint density at radius 1 is 1.11 bits per heavy atom. The van der Waals surface area contributed by atoms with Crippen molar-refractivity contribution in [3.8, 4) is 0 Å². The third-order valence-electron chi connectivity index (χ3n) is 4.90. The number of hydrogen-bond acceptors (Lipinski definition) is 2. The van der Waals surface area contributed by atoms with Crippen molar-refractivity contribution in [2.45, 2.75) is 25.8 Å². The highest BCUT2D eigenvalue weighted by atomic mass is 35.5. The lowest BCUT2D eigenvalue weighted by Gasteiger charge is -2.32. The van der Waals surface area contributed by atoms with Crippen LogP contribution in [0.5, 0.6) is 0 Å². The Bertz CT molecular complexity index is 823. The molecule has 1 aliphatic rings. The van der Waals surface area contributed by atoms with Gasteiger partial charge in [-0.1, -0.05) is 41.4 Å². The van der Waals surface area contributed by atoms with Gasteiger partial charge in [0.1, 0.15) is 0 Å². The zero-order valence-electron chi connectivity index (χ0n) is 15.1. The van der Waals surface area contributed by atoms with Gasteiger partial charge in [0.05, 0.1) is 12.0 Å². The van der Waals surface area contributed by atoms with Crippen LogP contribution in [0.3, 0.4) is 0 Å². The molecule has 2 atom stereocenters. The van der Waals surface area contributed by atoms with Crippen LogP contribution >= 0.6 is 23.2 Å². The van der Waals surface area contributed by atoms with Crippen LogP contribution in [0.1, 0.15) is 41.7 Å². The summed E-state index contributed by atoms with van der Waals surface area (Å²) in [5, 5.41) is 4.26. The summed E-state index contributed by atoms with van der Waals surface area (Å²) in [5.41, 5.74) is 1.47. The maximum absolute atomic E-state index is 12.7. The van der Waals surface area contributed by atoms with E-state index in [-0.39, 0.29) is 23.8 Å². The lowest BCUT2D eigenvalue weighted by Crippen LogP contribution is -2.45. The number of likely N-dealkylation sites (tertiary alicyclic amines) is 1. The molecule has 2 aromatic carbocycles. The van der Waals surface area contributed by atoms with E-state index >= 15 is 0 Å². The Kier molecular flexibility index (Phi) is 6.40. The lowest BCUT2D eigenvalue weighted by atomic mass is 9.95. The molecule has 0 spiro atoms. The summed E-state index contributed by atoms with van der Waals surface area (Å²) < 4.78 is 0. The van der Waals surface area contributed by atoms with Gasteiger partial charge < -0.3 is 10.2 Å². The topological polar surface area (TPSA) is 49.4 Å². The number of hydrogen-bond donors (Lipinski definition) is 1. The first-order chi connectivity index (χ1) is 13.0. The molecule has 1 aliphatic heterocycles. The molecule has 6 heteroatoms. The highest BCUT2D eigenvalue weighted by Gasteiger charge is 2.29. The van der Waals surface area contributed by atoms with Crippen LogP contribution in [0.25, 0.3) is 0 Å². The quantitative estimate of drug-likeness (QED) is 0.800. The van der Waals surface area contributed by atoms with Crippen molar-refractivity contribution in [1.82, 2.24) is 10.2 Å². The van der Waals surface area contributed by atoms with Crippen LogP contribution in [-0.4, -0.2) is 29.8 Å². The number of rotatable bonds is 4. The average Bonchev–Trinajstić information content (AvgIpc) is 2.68. The fourth-order valence-corrected chi connectivity index (χ4v) is 3.81. The zero-order chi connectivity index (χ0) is 19.4. The third-order valence-corrected chi connectivity index (χ3v) is 5.50. The molecule has 3 rings (SSSR count). The maximum atomic E-state index is 12.7. The largest absolute Gasteiger partial charge is 0.349 e. The molecular weight excluding hydrogens is 383 g/mol. The number of nitrogens with zero attached hydrogens (tertiary/aromatic N) is 1. The molecular formula is C21H22Cl2N2O2. The summed E-state index contributed by atoms with van der Waals surface area (Å²) >= 11 is 12.1. The molecule has 1 N–H and O–H groups in total. The van der Waals surface area contributed by atoms with Crippen molar-refractivity contribution in [3.63, 3.8) is 0 Å². The van der Waals surface area contributed by atoms with Crippen molar-refractivity contribution in [2.24, 2.45) is 5.92 Å². The maximum Gasteiger partial charge on any atom is 0.253 e. The molecule has 0 bridgehead atoms. The van der Waals surface area contributed by atoms with Crippen molar-refractivity contribution >= 4 is 35.0 Å². The Morgan fingerprint density at radius 3 is 2.52 bits per heavy atom. The Hall–Kier alpha value is -2.04. The summed E-state index contributed by atoms with van der Waals surface area (Å²) in [4.78, 5) is 27.2. The predicted molar refractivity (Wildman–Crippen MR) is 108 cm³/mol. The van der Waals surface area contributed by atoms with Crippen molar-refractivity contribution < 1.29 is 9.59 Å². The van der Waals surface area contributed by atoms with Crippen LogP contribution < -0.4 is 5.32 Å². The molecule has 0 radical (unpaired) electrons. The fraction of sp³-hybridized carbons (Fsp3) is 0.333. The predicted octanol–water partition coefficient (Wildman–Crippen LogP) is 4.72. The van der Waals surface area contributed by atoms with Crippen molar-refractivity contribution in [3.05, 3.63) is 69.7 Å². The van der Waals surface area contributed by atoms with E-state index < -0.39 is 0 Å². The number of nitrogens with one attached hydrogen (secondary N) is 1. The van der Waals surface area contributed by atoms with Gasteiger partial charge in [-0.05, 0) is 55.7 Å². The van der Waals surface area contributed by atoms with Crippen molar-refractivity contribution in [1.29, 1.82) is 0 Å². The number of amides is 2. The van der Waals surface area contributed by atoms with Gasteiger partial charge in [-0.25, -0.2) is 0 Å². The Morgan fingerprint density at radius 2 is 1.81 bits per heavy atom. The van der Waals surface area contributed by atoms with Gasteiger partial charge in [0, 0.05) is 28.7 Å². The summed E-state index contributed by atoms with van der Waals surface area (Å²) in [6.07, 6.45) is 1.57. The summed E-state index contributed by atoms with van der Waals surface area (Å²) in [5.74, 6) is -0.334. The van der Waals surface area contributed by atoms with E-state index in [1.54, 1.807) is 29.2 Å². The minimum atomic E-state index is -0.222. The fourth-order valence-electron chi connectivity index (χ4n) is 3.39. The third kappa shape index (κ3) is 4.82. The number of piperidine rings is 1. The Balaban J connectivity index is 1.63. The molecule has 1 fully saturated rings. The van der Waals surface area contributed by atoms with E-state index in [9.17, 15) is 9.59 Å². The molecule has 2 unspecified atom stereocenters. The highest BCUT2D eigenvalue weighted by molar-refractivity contribution is 6.31. The van der Waals surface area contributed by atoms with E-state index in [1.165, 1.54) is 0 Å². The Labute approximate surface area is 169 Å². The summed E-state index contributed by atoms with van der Waals surface area (Å²) in [6, 6.07) is 14.1. The smallest absolute Gasteiger partial charge is 0.253 e. The number of halogens is 2. The second-order valence-electron chi connectivity index (χ2n) is 6.85. The van der Waals surface area contributed by atoms with Gasteiger partial charge in [0.2, 0.25) is 5.91 Å². The molecule has 1 heterocycles. The van der Waals surface area contributed by atoms with Crippen LogP contribution in [-0.2, 0) is 4.79 Å². The van der Waals surface area contributed by atoms with Gasteiger partial charge in [-0.2, -0.15) is 0 Å². The minimum absolute atomic E-state index is 0.0453. The van der Waals surface area contributed by atoms with Gasteiger partial charge in [-0.15, -0.1) is 0 Å². The van der Waals surface area contributed by atoms with Gasteiger partial charge in [0.25, 0.3) is 5.91 Å². The standard InChI is InChI=1S/C21H22Cl2N2O2/c1-14(18-6-2-3-7-19(18)23)24-20(26)16-5-4-12-25(13-16)21(27)15-8-10-17(22)11-9-15/h2-3,6-11,14,16H,4-5,12-13H2,1H3,(H,24,26). The molecule has 4 nitrogen and oxygen atoms in total. The number of benzene rings is 2. The highest BCUT2D eigenvalue weighted by Crippen LogP contribution is 2.24. The van der Waals surface area contributed by atoms with E-state index in [4.69, 9.17) is 23.2 Å². The minimum Gasteiger partial charge on any atom is -0.349 e. The van der Waals surface area contributed by atoms with Crippen LogP contribution in [0.2, 0.25) is 10.0 Å². The van der Waals surface area contributed by atoms with Gasteiger partial charge >= 0.3 is 0 Å². The summed E-state index contributed by atoms with van der Waals surface area (Å²) in [7, 11) is 0. The number of carbonyl (C=O) groups is 2. The van der Waals surface area contributed by atoms with E-state index in [0.29, 0.717) is 28.7 Å². The molecule has 0 saturated carbocycles. The zero-order valence-corrected chi connectivity index (χ0v) is 16.6. The van der Waals surface area contributed by atoms with Gasteiger partial charge in [-0.3, -0.25) is 9.59 Å².